The molecule has 5 nitrogen and oxygen atoms in total. The van der Waals surface area contributed by atoms with Crippen molar-refractivity contribution in [2.24, 2.45) is 11.8 Å². The van der Waals surface area contributed by atoms with Crippen LogP contribution in [0.3, 0.4) is 0 Å². The van der Waals surface area contributed by atoms with Crippen molar-refractivity contribution < 1.29 is 9.53 Å². The van der Waals surface area contributed by atoms with E-state index in [0.29, 0.717) is 31.1 Å². The summed E-state index contributed by atoms with van der Waals surface area (Å²) in [6, 6.07) is 0.877. The number of rotatable bonds is 2. The number of ether oxygens (including phenoxy) is 1. The number of nitrogens with one attached hydrogen (secondary N) is 1. The van der Waals surface area contributed by atoms with Gasteiger partial charge in [0.1, 0.15) is 0 Å². The van der Waals surface area contributed by atoms with Gasteiger partial charge in [0, 0.05) is 25.2 Å². The van der Waals surface area contributed by atoms with Crippen LogP contribution < -0.4 is 5.32 Å². The van der Waals surface area contributed by atoms with E-state index in [0.717, 1.165) is 19.5 Å². The van der Waals surface area contributed by atoms with Gasteiger partial charge in [-0.2, -0.15) is 0 Å². The van der Waals surface area contributed by atoms with E-state index >= 15 is 0 Å². The third-order valence-corrected chi connectivity index (χ3v) is 5.43. The summed E-state index contributed by atoms with van der Waals surface area (Å²) in [5.74, 6) is 0.980. The van der Waals surface area contributed by atoms with E-state index in [2.05, 4.69) is 22.2 Å². The average Bonchev–Trinajstić information content (AvgIpc) is 2.95. The average molecular weight is 281 g/mol. The second-order valence-electron chi connectivity index (χ2n) is 6.56. The molecule has 4 unspecified atom stereocenters. The molecule has 3 heterocycles. The number of carbonyl (C=O) groups is 1. The molecule has 1 N–H and O–H groups in total. The molecular formula is C15H27N3O2. The minimum absolute atomic E-state index is 0.0119. The van der Waals surface area contributed by atoms with E-state index in [9.17, 15) is 4.79 Å². The second-order valence-corrected chi connectivity index (χ2v) is 6.56. The fraction of sp³-hybridized carbons (Fsp3) is 0.933. The van der Waals surface area contributed by atoms with Crippen molar-refractivity contribution in [1.29, 1.82) is 0 Å². The summed E-state index contributed by atoms with van der Waals surface area (Å²) in [6.07, 6.45) is 3.67. The minimum atomic E-state index is 0.0119. The number of piperidine rings is 2. The van der Waals surface area contributed by atoms with E-state index in [4.69, 9.17) is 4.74 Å². The summed E-state index contributed by atoms with van der Waals surface area (Å²) in [7, 11) is 4.15. The smallest absolute Gasteiger partial charge is 0.229 e. The van der Waals surface area contributed by atoms with Gasteiger partial charge in [0.25, 0.3) is 0 Å². The van der Waals surface area contributed by atoms with Gasteiger partial charge in [-0.05, 0) is 45.8 Å². The molecule has 5 heteroatoms. The number of amides is 1. The summed E-state index contributed by atoms with van der Waals surface area (Å²) in [5, 5.41) is 3.22. The molecular weight excluding hydrogens is 254 g/mol. The molecule has 0 aromatic carbocycles. The summed E-state index contributed by atoms with van der Waals surface area (Å²) >= 11 is 0. The molecule has 0 aromatic heterocycles. The minimum Gasteiger partial charge on any atom is -0.379 e. The Morgan fingerprint density at radius 2 is 2.10 bits per heavy atom. The number of hydrogen-bond donors (Lipinski definition) is 1. The Labute approximate surface area is 121 Å². The normalized spacial score (nSPS) is 38.8. The number of fused-ring (bicyclic) bond motifs is 1. The maximum absolute atomic E-state index is 12.7. The number of nitrogens with zero attached hydrogens (tertiary/aromatic N) is 2. The number of likely N-dealkylation sites (tertiary alicyclic amines) is 2. The van der Waals surface area contributed by atoms with E-state index in [-0.39, 0.29) is 12.0 Å². The molecule has 3 aliphatic rings. The van der Waals surface area contributed by atoms with Crippen molar-refractivity contribution in [2.45, 2.75) is 31.3 Å². The molecule has 0 radical (unpaired) electrons. The van der Waals surface area contributed by atoms with E-state index in [1.165, 1.54) is 19.4 Å². The highest BCUT2D eigenvalue weighted by atomic mass is 16.5. The van der Waals surface area contributed by atoms with Crippen molar-refractivity contribution in [3.8, 4) is 0 Å². The van der Waals surface area contributed by atoms with Gasteiger partial charge in [0.15, 0.2) is 0 Å². The van der Waals surface area contributed by atoms with Crippen molar-refractivity contribution in [3.63, 3.8) is 0 Å². The lowest BCUT2D eigenvalue weighted by Gasteiger charge is -2.46. The Balaban J connectivity index is 1.62. The molecule has 0 spiro atoms. The SMILES string of the molecule is CNC1COCC1C(=O)N1CCC2C(CCCN2C)C1. The highest BCUT2D eigenvalue weighted by molar-refractivity contribution is 5.80. The summed E-state index contributed by atoms with van der Waals surface area (Å²) in [4.78, 5) is 17.3. The summed E-state index contributed by atoms with van der Waals surface area (Å²) < 4.78 is 5.48. The highest BCUT2D eigenvalue weighted by Gasteiger charge is 2.40. The van der Waals surface area contributed by atoms with Crippen molar-refractivity contribution >= 4 is 5.91 Å². The van der Waals surface area contributed by atoms with Crippen LogP contribution in [-0.2, 0) is 9.53 Å². The zero-order valence-electron chi connectivity index (χ0n) is 12.7. The zero-order valence-corrected chi connectivity index (χ0v) is 12.7. The van der Waals surface area contributed by atoms with Gasteiger partial charge in [-0.15, -0.1) is 0 Å². The number of carbonyl (C=O) groups excluding carboxylic acids is 1. The first-order valence-corrected chi connectivity index (χ1v) is 7.94. The van der Waals surface area contributed by atoms with Gasteiger partial charge in [0.05, 0.1) is 19.1 Å². The maximum Gasteiger partial charge on any atom is 0.229 e. The third-order valence-electron chi connectivity index (χ3n) is 5.43. The molecule has 114 valence electrons. The van der Waals surface area contributed by atoms with Crippen molar-refractivity contribution in [2.75, 3.05) is 46.9 Å². The quantitative estimate of drug-likeness (QED) is 0.783. The van der Waals surface area contributed by atoms with Crippen LogP contribution >= 0.6 is 0 Å². The van der Waals surface area contributed by atoms with Crippen LogP contribution in [0.2, 0.25) is 0 Å². The molecule has 3 saturated heterocycles. The van der Waals surface area contributed by atoms with E-state index < -0.39 is 0 Å². The van der Waals surface area contributed by atoms with E-state index in [1.807, 2.05) is 7.05 Å². The Hall–Kier alpha value is -0.650. The van der Waals surface area contributed by atoms with Gasteiger partial charge >= 0.3 is 0 Å². The van der Waals surface area contributed by atoms with Crippen LogP contribution in [0.15, 0.2) is 0 Å². The topological polar surface area (TPSA) is 44.8 Å². The standard InChI is InChI=1S/C15H27N3O2/c1-16-13-10-20-9-12(13)15(19)18-7-5-14-11(8-18)4-3-6-17(14)2/h11-14,16H,3-10H2,1-2H3. The third kappa shape index (κ3) is 2.59. The molecule has 3 fully saturated rings. The highest BCUT2D eigenvalue weighted by Crippen LogP contribution is 2.30. The largest absolute Gasteiger partial charge is 0.379 e. The molecule has 4 atom stereocenters. The Morgan fingerprint density at radius 3 is 2.90 bits per heavy atom. The molecule has 3 rings (SSSR count). The molecule has 1 amide bonds. The van der Waals surface area contributed by atoms with Gasteiger partial charge < -0.3 is 19.9 Å². The second kappa shape index (κ2) is 6.00. The molecule has 3 aliphatic heterocycles. The fourth-order valence-corrected chi connectivity index (χ4v) is 4.17. The van der Waals surface area contributed by atoms with E-state index in [1.54, 1.807) is 0 Å². The monoisotopic (exact) mass is 281 g/mol. The van der Waals surface area contributed by atoms with Crippen LogP contribution in [0.4, 0.5) is 0 Å². The first-order chi connectivity index (χ1) is 9.70. The zero-order chi connectivity index (χ0) is 14.1. The van der Waals surface area contributed by atoms with Gasteiger partial charge in [-0.25, -0.2) is 0 Å². The molecule has 0 saturated carbocycles. The van der Waals surface area contributed by atoms with Crippen LogP contribution in [0, 0.1) is 11.8 Å². The van der Waals surface area contributed by atoms with Crippen molar-refractivity contribution in [3.05, 3.63) is 0 Å². The first-order valence-electron chi connectivity index (χ1n) is 7.94. The Morgan fingerprint density at radius 1 is 1.25 bits per heavy atom. The van der Waals surface area contributed by atoms with Crippen LogP contribution in [0.1, 0.15) is 19.3 Å². The van der Waals surface area contributed by atoms with Crippen molar-refractivity contribution in [1.82, 2.24) is 15.1 Å². The van der Waals surface area contributed by atoms with Gasteiger partial charge in [-0.1, -0.05) is 0 Å². The first kappa shape index (κ1) is 14.3. The maximum atomic E-state index is 12.7. The lowest BCUT2D eigenvalue weighted by Crippen LogP contribution is -2.56. The lowest BCUT2D eigenvalue weighted by molar-refractivity contribution is -0.139. The molecule has 0 aliphatic carbocycles. The summed E-state index contributed by atoms with van der Waals surface area (Å²) in [6.45, 7) is 4.32. The predicted octanol–water partition coefficient (Wildman–Crippen LogP) is 0.164. The fourth-order valence-electron chi connectivity index (χ4n) is 4.17. The molecule has 0 bridgehead atoms. The Bertz CT molecular complexity index is 363. The van der Waals surface area contributed by atoms with Gasteiger partial charge in [0.2, 0.25) is 5.91 Å². The lowest BCUT2D eigenvalue weighted by atomic mass is 9.83. The molecule has 0 aromatic rings. The van der Waals surface area contributed by atoms with Gasteiger partial charge in [-0.3, -0.25) is 4.79 Å². The van der Waals surface area contributed by atoms with Crippen LogP contribution in [0.5, 0.6) is 0 Å². The number of likely N-dealkylation sites (N-methyl/N-ethyl adjacent to an activating group) is 1. The summed E-state index contributed by atoms with van der Waals surface area (Å²) in [5.41, 5.74) is 0. The predicted molar refractivity (Wildman–Crippen MR) is 77.5 cm³/mol. The molecule has 20 heavy (non-hydrogen) atoms. The van der Waals surface area contributed by atoms with Crippen LogP contribution in [-0.4, -0.2) is 74.7 Å². The number of hydrogen-bond acceptors (Lipinski definition) is 4. The van der Waals surface area contributed by atoms with Crippen LogP contribution in [0.25, 0.3) is 0 Å². The Kier molecular flexibility index (Phi) is 4.29.